The minimum absolute atomic E-state index is 0.0113. The molecule has 1 aliphatic carbocycles. The lowest BCUT2D eigenvalue weighted by molar-refractivity contribution is -0.122. The van der Waals surface area contributed by atoms with Gasteiger partial charge in [-0.25, -0.2) is 9.78 Å². The Hall–Kier alpha value is -5.60. The van der Waals surface area contributed by atoms with Gasteiger partial charge >= 0.3 is 5.97 Å². The normalized spacial score (nSPS) is 18.8. The summed E-state index contributed by atoms with van der Waals surface area (Å²) in [5.41, 5.74) is 4.42. The van der Waals surface area contributed by atoms with Crippen LogP contribution < -0.4 is 9.64 Å². The number of halogens is 1. The summed E-state index contributed by atoms with van der Waals surface area (Å²) in [5.74, 6) is -1.55. The highest BCUT2D eigenvalue weighted by molar-refractivity contribution is 6.32. The summed E-state index contributed by atoms with van der Waals surface area (Å²) in [6, 6.07) is 28.5. The smallest absolute Gasteiger partial charge is 0.339 e. The lowest BCUT2D eigenvalue weighted by atomic mass is 9.78. The third-order valence-electron chi connectivity index (χ3n) is 9.72. The van der Waals surface area contributed by atoms with E-state index in [4.69, 9.17) is 26.1 Å². The van der Waals surface area contributed by atoms with E-state index in [1.807, 2.05) is 56.3 Å². The quantitative estimate of drug-likeness (QED) is 0.0658. The van der Waals surface area contributed by atoms with Gasteiger partial charge in [0.2, 0.25) is 17.6 Å². The van der Waals surface area contributed by atoms with Crippen molar-refractivity contribution in [1.82, 2.24) is 4.98 Å². The Morgan fingerprint density at radius 3 is 2.37 bits per heavy atom. The number of imide groups is 1. The second kappa shape index (κ2) is 14.0. The molecule has 0 N–H and O–H groups in total. The van der Waals surface area contributed by atoms with Crippen molar-refractivity contribution in [3.8, 4) is 17.0 Å². The van der Waals surface area contributed by atoms with Gasteiger partial charge in [-0.05, 0) is 85.8 Å². The number of fused-ring (bicyclic) bond motifs is 2. The lowest BCUT2D eigenvalue weighted by Crippen LogP contribution is -2.31. The number of esters is 1. The maximum atomic E-state index is 13.8. The minimum atomic E-state index is -1.08. The van der Waals surface area contributed by atoms with Crippen molar-refractivity contribution < 1.29 is 28.7 Å². The molecule has 4 atom stereocenters. The molecule has 1 aliphatic heterocycles. The van der Waals surface area contributed by atoms with Crippen LogP contribution in [0, 0.1) is 24.7 Å². The number of aryl methyl sites for hydroxylation is 1. The molecular weight excluding hydrogens is 664 g/mol. The number of hydrogen-bond donors (Lipinski definition) is 0. The molecule has 2 heterocycles. The van der Waals surface area contributed by atoms with E-state index in [0.717, 1.165) is 5.56 Å². The highest BCUT2D eigenvalue weighted by Crippen LogP contribution is 2.41. The molecule has 8 nitrogen and oxygen atoms in total. The standard InChI is InChI=1S/C42H35ClN2O6/c1-24-8-7-11-33-37(24)41(48)45(40(33)47)30-16-12-28(13-17-30)36-22-34(32-20-21-35(43)25(2)38(32)44-36)42(49)51-26(3)39(46)29-14-18-31(19-15-29)50-23-27-9-5-4-6-10-27/h4-10,12-22,24,26,33,37H,11,23H2,1-3H3. The molecule has 51 heavy (non-hydrogen) atoms. The molecule has 0 saturated carbocycles. The van der Waals surface area contributed by atoms with Gasteiger partial charge in [0.1, 0.15) is 12.4 Å². The van der Waals surface area contributed by atoms with Gasteiger partial charge in [-0.15, -0.1) is 0 Å². The Balaban J connectivity index is 1.11. The van der Waals surface area contributed by atoms with Crippen molar-refractivity contribution >= 4 is 51.8 Å². The summed E-state index contributed by atoms with van der Waals surface area (Å²) in [4.78, 5) is 59.8. The molecule has 7 rings (SSSR count). The number of hydrogen-bond acceptors (Lipinski definition) is 7. The first-order valence-electron chi connectivity index (χ1n) is 16.9. The fourth-order valence-electron chi connectivity index (χ4n) is 6.87. The Kier molecular flexibility index (Phi) is 9.27. The van der Waals surface area contributed by atoms with E-state index >= 15 is 0 Å². The number of amides is 2. The second-order valence-electron chi connectivity index (χ2n) is 13.0. The maximum absolute atomic E-state index is 13.8. The van der Waals surface area contributed by atoms with E-state index < -0.39 is 12.1 Å². The molecule has 4 aromatic carbocycles. The number of Topliss-reactive ketones (excluding diaryl/α,β-unsaturated/α-hetero) is 1. The van der Waals surface area contributed by atoms with Gasteiger partial charge in [0, 0.05) is 21.5 Å². The summed E-state index contributed by atoms with van der Waals surface area (Å²) < 4.78 is 11.6. The summed E-state index contributed by atoms with van der Waals surface area (Å²) in [6.45, 7) is 5.72. The van der Waals surface area contributed by atoms with E-state index in [9.17, 15) is 19.2 Å². The zero-order valence-corrected chi connectivity index (χ0v) is 29.1. The Bertz CT molecular complexity index is 2200. The largest absolute Gasteiger partial charge is 0.489 e. The van der Waals surface area contributed by atoms with Gasteiger partial charge < -0.3 is 9.47 Å². The van der Waals surface area contributed by atoms with Crippen LogP contribution in [-0.4, -0.2) is 34.7 Å². The molecule has 0 spiro atoms. The zero-order valence-electron chi connectivity index (χ0n) is 28.3. The number of rotatable bonds is 9. The molecule has 1 aromatic heterocycles. The van der Waals surface area contributed by atoms with E-state index in [1.54, 1.807) is 73.7 Å². The third kappa shape index (κ3) is 6.55. The van der Waals surface area contributed by atoms with E-state index in [2.05, 4.69) is 0 Å². The average Bonchev–Trinajstić information content (AvgIpc) is 3.41. The molecule has 0 radical (unpaired) electrons. The molecule has 2 amide bonds. The number of carbonyl (C=O) groups is 4. The van der Waals surface area contributed by atoms with Crippen molar-refractivity contribution in [2.75, 3.05) is 4.90 Å². The molecule has 9 heteroatoms. The van der Waals surface area contributed by atoms with E-state index in [0.29, 0.717) is 62.8 Å². The van der Waals surface area contributed by atoms with E-state index in [-0.39, 0.29) is 40.9 Å². The number of ketones is 1. The van der Waals surface area contributed by atoms with Gasteiger partial charge in [-0.1, -0.05) is 79.2 Å². The number of anilines is 1. The Morgan fingerprint density at radius 1 is 0.941 bits per heavy atom. The number of pyridine rings is 1. The summed E-state index contributed by atoms with van der Waals surface area (Å²) in [7, 11) is 0. The van der Waals surface area contributed by atoms with Crippen LogP contribution >= 0.6 is 11.6 Å². The first kappa shape index (κ1) is 33.9. The van der Waals surface area contributed by atoms with Gasteiger partial charge in [-0.3, -0.25) is 19.3 Å². The molecule has 1 saturated heterocycles. The van der Waals surface area contributed by atoms with E-state index in [1.165, 1.54) is 4.90 Å². The van der Waals surface area contributed by atoms with Crippen molar-refractivity contribution in [2.24, 2.45) is 17.8 Å². The number of nitrogens with zero attached hydrogens (tertiary/aromatic N) is 2. The number of allylic oxidation sites excluding steroid dienone is 2. The van der Waals surface area contributed by atoms with Gasteiger partial charge in [0.25, 0.3) is 0 Å². The minimum Gasteiger partial charge on any atom is -0.489 e. The molecule has 256 valence electrons. The summed E-state index contributed by atoms with van der Waals surface area (Å²) in [6.07, 6.45) is 3.45. The van der Waals surface area contributed by atoms with Gasteiger partial charge in [0.15, 0.2) is 6.10 Å². The predicted octanol–water partition coefficient (Wildman–Crippen LogP) is 8.57. The fourth-order valence-corrected chi connectivity index (χ4v) is 7.03. The van der Waals surface area contributed by atoms with Crippen LogP contribution in [0.3, 0.4) is 0 Å². The van der Waals surface area contributed by atoms with Crippen molar-refractivity contribution in [1.29, 1.82) is 0 Å². The first-order chi connectivity index (χ1) is 24.6. The topological polar surface area (TPSA) is 103 Å². The van der Waals surface area contributed by atoms with Crippen LogP contribution in [0.1, 0.15) is 52.1 Å². The molecule has 1 fully saturated rings. The van der Waals surface area contributed by atoms with Gasteiger partial charge in [-0.2, -0.15) is 0 Å². The van der Waals surface area contributed by atoms with Crippen molar-refractivity contribution in [2.45, 2.75) is 39.9 Å². The second-order valence-corrected chi connectivity index (χ2v) is 13.5. The van der Waals surface area contributed by atoms with Crippen LogP contribution in [0.5, 0.6) is 5.75 Å². The first-order valence-corrected chi connectivity index (χ1v) is 17.2. The van der Waals surface area contributed by atoms with Crippen molar-refractivity contribution in [3.05, 3.63) is 136 Å². The number of aromatic nitrogens is 1. The molecule has 5 aromatic rings. The van der Waals surface area contributed by atoms with Crippen LogP contribution in [0.4, 0.5) is 5.69 Å². The molecule has 2 aliphatic rings. The Morgan fingerprint density at radius 2 is 1.67 bits per heavy atom. The molecule has 4 unspecified atom stereocenters. The third-order valence-corrected chi connectivity index (χ3v) is 10.1. The van der Waals surface area contributed by atoms with Crippen LogP contribution in [-0.2, 0) is 20.9 Å². The van der Waals surface area contributed by atoms with Crippen LogP contribution in [0.15, 0.2) is 109 Å². The predicted molar refractivity (Wildman–Crippen MR) is 196 cm³/mol. The van der Waals surface area contributed by atoms with Crippen molar-refractivity contribution in [3.63, 3.8) is 0 Å². The number of benzene rings is 4. The number of ether oxygens (including phenoxy) is 2. The maximum Gasteiger partial charge on any atom is 0.339 e. The molecule has 0 bridgehead atoms. The number of carbonyl (C=O) groups excluding carboxylic acids is 4. The Labute approximate surface area is 300 Å². The lowest BCUT2D eigenvalue weighted by Gasteiger charge is -2.22. The highest BCUT2D eigenvalue weighted by atomic mass is 35.5. The summed E-state index contributed by atoms with van der Waals surface area (Å²) in [5, 5.41) is 1.01. The molecular formula is C42H35ClN2O6. The zero-order chi connectivity index (χ0) is 35.8. The SMILES string of the molecule is Cc1c(Cl)ccc2c(C(=O)OC(C)C(=O)c3ccc(OCc4ccccc4)cc3)cc(-c3ccc(N4C(=O)C5CC=CC(C)C5C4=O)cc3)nc12. The van der Waals surface area contributed by atoms with Crippen LogP contribution in [0.25, 0.3) is 22.2 Å². The fraction of sp³-hybridized carbons (Fsp3) is 0.214. The summed E-state index contributed by atoms with van der Waals surface area (Å²) >= 11 is 6.47. The van der Waals surface area contributed by atoms with Crippen LogP contribution in [0.2, 0.25) is 5.02 Å². The average molecular weight is 699 g/mol. The van der Waals surface area contributed by atoms with Gasteiger partial charge in [0.05, 0.1) is 34.3 Å². The monoisotopic (exact) mass is 698 g/mol. The highest BCUT2D eigenvalue weighted by Gasteiger charge is 2.50.